The van der Waals surface area contributed by atoms with Gasteiger partial charge < -0.3 is 19.9 Å². The lowest BCUT2D eigenvalue weighted by atomic mass is 10.2. The molecule has 0 radical (unpaired) electrons. The van der Waals surface area contributed by atoms with Crippen LogP contribution in [0.4, 0.5) is 5.82 Å². The topological polar surface area (TPSA) is 93.5 Å². The summed E-state index contributed by atoms with van der Waals surface area (Å²) in [5.41, 5.74) is 1.17. The van der Waals surface area contributed by atoms with Gasteiger partial charge in [-0.1, -0.05) is 22.9 Å². The first-order valence-corrected chi connectivity index (χ1v) is 9.37. The van der Waals surface area contributed by atoms with E-state index in [1.165, 1.54) is 17.3 Å². The number of hydrogen-bond acceptors (Lipinski definition) is 6. The lowest BCUT2D eigenvalue weighted by Gasteiger charge is -2.15. The monoisotopic (exact) mass is 377 g/mol. The maximum atomic E-state index is 11.9. The zero-order chi connectivity index (χ0) is 18.9. The maximum absolute atomic E-state index is 11.9. The molecule has 2 rings (SSSR count). The van der Waals surface area contributed by atoms with Gasteiger partial charge in [0.15, 0.2) is 5.82 Å². The van der Waals surface area contributed by atoms with Gasteiger partial charge in [-0.3, -0.25) is 9.59 Å². The van der Waals surface area contributed by atoms with Crippen molar-refractivity contribution in [2.75, 3.05) is 23.4 Å². The smallest absolute Gasteiger partial charge is 0.235 e. The summed E-state index contributed by atoms with van der Waals surface area (Å²) in [6.07, 6.45) is 0. The number of rotatable bonds is 9. The summed E-state index contributed by atoms with van der Waals surface area (Å²) in [6.45, 7) is 6.00. The molecule has 0 fully saturated rings. The molecule has 0 saturated heterocycles. The predicted octanol–water partition coefficient (Wildman–Crippen LogP) is 2.55. The van der Waals surface area contributed by atoms with Gasteiger partial charge in [0.2, 0.25) is 11.8 Å². The van der Waals surface area contributed by atoms with Crippen LogP contribution >= 0.6 is 11.8 Å². The number of benzene rings is 1. The third kappa shape index (κ3) is 7.18. The van der Waals surface area contributed by atoms with Gasteiger partial charge in [-0.25, -0.2) is 0 Å². The second-order valence-electron chi connectivity index (χ2n) is 5.96. The Kier molecular flexibility index (Phi) is 7.53. The van der Waals surface area contributed by atoms with Gasteiger partial charge in [-0.15, -0.1) is 11.8 Å². The minimum absolute atomic E-state index is 0.128. The number of aryl methyl sites for hydroxylation is 2. The number of carbonyl (C=O) groups excluding carboxylic acids is 2. The van der Waals surface area contributed by atoms with Crippen molar-refractivity contribution in [1.29, 1.82) is 0 Å². The van der Waals surface area contributed by atoms with Crippen LogP contribution in [0.15, 0.2) is 34.9 Å². The fraction of sp³-hybridized carbons (Fsp3) is 0.389. The average molecular weight is 377 g/mol. The molecule has 2 N–H and O–H groups in total. The van der Waals surface area contributed by atoms with Crippen LogP contribution in [0.2, 0.25) is 0 Å². The summed E-state index contributed by atoms with van der Waals surface area (Å²) < 4.78 is 10.5. The molecule has 26 heavy (non-hydrogen) atoms. The normalized spacial score (nSPS) is 11.7. The lowest BCUT2D eigenvalue weighted by molar-refractivity contribution is -0.119. The predicted molar refractivity (Wildman–Crippen MR) is 101 cm³/mol. The number of anilines is 1. The van der Waals surface area contributed by atoms with E-state index in [0.717, 1.165) is 5.75 Å². The SMILES string of the molecule is Cc1ccc(OCC(C)NC(=O)CSCC(=O)Nc2cc(C)on2)cc1. The molecular weight excluding hydrogens is 354 g/mol. The van der Waals surface area contributed by atoms with E-state index in [0.29, 0.717) is 18.2 Å². The molecule has 0 aliphatic carbocycles. The van der Waals surface area contributed by atoms with E-state index in [-0.39, 0.29) is 29.4 Å². The van der Waals surface area contributed by atoms with Crippen molar-refractivity contribution >= 4 is 29.4 Å². The summed E-state index contributed by atoms with van der Waals surface area (Å²) in [6, 6.07) is 9.24. The molecule has 0 aliphatic heterocycles. The molecule has 1 atom stereocenters. The maximum Gasteiger partial charge on any atom is 0.235 e. The molecule has 1 aromatic heterocycles. The third-order valence-electron chi connectivity index (χ3n) is 3.29. The molecule has 0 aliphatic rings. The lowest BCUT2D eigenvalue weighted by Crippen LogP contribution is -2.38. The van der Waals surface area contributed by atoms with E-state index in [2.05, 4.69) is 15.8 Å². The van der Waals surface area contributed by atoms with E-state index >= 15 is 0 Å². The van der Waals surface area contributed by atoms with Crippen molar-refractivity contribution in [3.05, 3.63) is 41.7 Å². The highest BCUT2D eigenvalue weighted by molar-refractivity contribution is 8.00. The minimum atomic E-state index is -0.230. The van der Waals surface area contributed by atoms with Crippen molar-refractivity contribution in [2.45, 2.75) is 26.8 Å². The van der Waals surface area contributed by atoms with Crippen molar-refractivity contribution in [1.82, 2.24) is 10.5 Å². The number of nitrogens with zero attached hydrogens (tertiary/aromatic N) is 1. The zero-order valence-electron chi connectivity index (χ0n) is 15.1. The Morgan fingerprint density at radius 3 is 2.54 bits per heavy atom. The van der Waals surface area contributed by atoms with Crippen molar-refractivity contribution in [2.24, 2.45) is 0 Å². The first-order valence-electron chi connectivity index (χ1n) is 8.22. The van der Waals surface area contributed by atoms with Gasteiger partial charge in [-0.05, 0) is 32.9 Å². The molecule has 1 aromatic carbocycles. The Labute approximate surface area is 156 Å². The number of aromatic nitrogens is 1. The minimum Gasteiger partial charge on any atom is -0.491 e. The molecular formula is C18H23N3O4S. The molecule has 0 bridgehead atoms. The Balaban J connectivity index is 1.60. The number of thioether (sulfide) groups is 1. The highest BCUT2D eigenvalue weighted by atomic mass is 32.2. The highest BCUT2D eigenvalue weighted by Crippen LogP contribution is 2.12. The Bertz CT molecular complexity index is 730. The van der Waals surface area contributed by atoms with Crippen LogP contribution in [-0.2, 0) is 9.59 Å². The van der Waals surface area contributed by atoms with Crippen molar-refractivity contribution in [3.8, 4) is 5.75 Å². The van der Waals surface area contributed by atoms with E-state index in [9.17, 15) is 9.59 Å². The van der Waals surface area contributed by atoms with E-state index in [1.54, 1.807) is 13.0 Å². The summed E-state index contributed by atoms with van der Waals surface area (Å²) in [4.78, 5) is 23.6. The number of nitrogens with one attached hydrogen (secondary N) is 2. The first-order chi connectivity index (χ1) is 12.4. The Morgan fingerprint density at radius 1 is 1.19 bits per heavy atom. The number of amides is 2. The van der Waals surface area contributed by atoms with Crippen molar-refractivity contribution < 1.29 is 18.8 Å². The summed E-state index contributed by atoms with van der Waals surface area (Å²) in [7, 11) is 0. The molecule has 0 spiro atoms. The van der Waals surface area contributed by atoms with Crippen LogP contribution in [0.5, 0.6) is 5.75 Å². The van der Waals surface area contributed by atoms with Gasteiger partial charge in [-0.2, -0.15) is 0 Å². The number of ether oxygens (including phenoxy) is 1. The molecule has 2 amide bonds. The summed E-state index contributed by atoms with van der Waals surface area (Å²) >= 11 is 1.23. The molecule has 0 saturated carbocycles. The third-order valence-corrected chi connectivity index (χ3v) is 4.22. The van der Waals surface area contributed by atoms with Crippen LogP contribution in [0.25, 0.3) is 0 Å². The van der Waals surface area contributed by atoms with Gasteiger partial charge in [0.1, 0.15) is 18.1 Å². The fourth-order valence-corrected chi connectivity index (χ4v) is 2.68. The quantitative estimate of drug-likeness (QED) is 0.698. The summed E-state index contributed by atoms with van der Waals surface area (Å²) in [5, 5.41) is 9.13. The molecule has 8 heteroatoms. The fourth-order valence-electron chi connectivity index (χ4n) is 2.05. The van der Waals surface area contributed by atoms with Gasteiger partial charge in [0, 0.05) is 6.07 Å². The molecule has 1 unspecified atom stereocenters. The van der Waals surface area contributed by atoms with Crippen LogP contribution in [0.3, 0.4) is 0 Å². The highest BCUT2D eigenvalue weighted by Gasteiger charge is 2.11. The Morgan fingerprint density at radius 2 is 1.88 bits per heavy atom. The Hall–Kier alpha value is -2.48. The average Bonchev–Trinajstić information content (AvgIpc) is 2.99. The van der Waals surface area contributed by atoms with Gasteiger partial charge in [0.25, 0.3) is 0 Å². The van der Waals surface area contributed by atoms with E-state index in [4.69, 9.17) is 9.26 Å². The summed E-state index contributed by atoms with van der Waals surface area (Å²) in [5.74, 6) is 1.75. The second-order valence-corrected chi connectivity index (χ2v) is 6.94. The largest absolute Gasteiger partial charge is 0.491 e. The van der Waals surface area contributed by atoms with Crippen LogP contribution in [-0.4, -0.2) is 41.1 Å². The zero-order valence-corrected chi connectivity index (χ0v) is 15.9. The van der Waals surface area contributed by atoms with Crippen LogP contribution < -0.4 is 15.4 Å². The molecule has 2 aromatic rings. The molecule has 140 valence electrons. The standard InChI is InChI=1S/C18H23N3O4S/c1-12-4-6-15(7-5-12)24-9-13(2)19-17(22)10-26-11-18(23)20-16-8-14(3)25-21-16/h4-8,13H,9-11H2,1-3H3,(H,19,22)(H,20,21,23). The van der Waals surface area contributed by atoms with E-state index in [1.807, 2.05) is 38.1 Å². The van der Waals surface area contributed by atoms with Crippen molar-refractivity contribution in [3.63, 3.8) is 0 Å². The molecule has 7 nitrogen and oxygen atoms in total. The van der Waals surface area contributed by atoms with Gasteiger partial charge >= 0.3 is 0 Å². The van der Waals surface area contributed by atoms with Gasteiger partial charge in [0.05, 0.1) is 17.5 Å². The van der Waals surface area contributed by atoms with Crippen LogP contribution in [0, 0.1) is 13.8 Å². The molecule has 1 heterocycles. The number of hydrogen-bond donors (Lipinski definition) is 2. The van der Waals surface area contributed by atoms with Crippen LogP contribution in [0.1, 0.15) is 18.2 Å². The van der Waals surface area contributed by atoms with E-state index < -0.39 is 0 Å². The number of carbonyl (C=O) groups is 2. The second kappa shape index (κ2) is 9.86. The first kappa shape index (κ1) is 19.8.